The zero-order chi connectivity index (χ0) is 17.3. The van der Waals surface area contributed by atoms with E-state index in [9.17, 15) is 22.8 Å². The molecule has 1 saturated heterocycles. The van der Waals surface area contributed by atoms with E-state index in [4.69, 9.17) is 0 Å². The Hall–Kier alpha value is -2.90. The van der Waals surface area contributed by atoms with Gasteiger partial charge in [-0.2, -0.15) is 13.2 Å². The Labute approximate surface area is 135 Å². The molecular formula is C16H12F3N3O2. The van der Waals surface area contributed by atoms with Gasteiger partial charge in [0.15, 0.2) is 0 Å². The molecule has 1 aliphatic rings. The first-order valence-corrected chi connectivity index (χ1v) is 7.05. The van der Waals surface area contributed by atoms with Crippen LogP contribution in [0.2, 0.25) is 0 Å². The summed E-state index contributed by atoms with van der Waals surface area (Å²) in [6, 6.07) is 7.63. The minimum Gasteiger partial charge on any atom is -0.322 e. The number of carbonyl (C=O) groups excluding carboxylic acids is 2. The van der Waals surface area contributed by atoms with Gasteiger partial charge in [0.1, 0.15) is 6.04 Å². The fourth-order valence-electron chi connectivity index (χ4n) is 2.44. The maximum Gasteiger partial charge on any atom is 0.416 e. The number of nitrogens with zero attached hydrogens (tertiary/aromatic N) is 2. The smallest absolute Gasteiger partial charge is 0.322 e. The van der Waals surface area contributed by atoms with Gasteiger partial charge >= 0.3 is 12.2 Å². The average molecular weight is 335 g/mol. The molecule has 2 heterocycles. The second-order valence-electron chi connectivity index (χ2n) is 5.25. The van der Waals surface area contributed by atoms with Crippen LogP contribution in [0.25, 0.3) is 0 Å². The third-order valence-corrected chi connectivity index (χ3v) is 3.62. The van der Waals surface area contributed by atoms with Crippen molar-refractivity contribution in [2.75, 3.05) is 0 Å². The first-order chi connectivity index (χ1) is 11.4. The van der Waals surface area contributed by atoms with Gasteiger partial charge < -0.3 is 5.32 Å². The van der Waals surface area contributed by atoms with E-state index in [2.05, 4.69) is 10.3 Å². The summed E-state index contributed by atoms with van der Waals surface area (Å²) in [5.74, 6) is -0.607. The van der Waals surface area contributed by atoms with Crippen LogP contribution in [0, 0.1) is 0 Å². The van der Waals surface area contributed by atoms with Gasteiger partial charge in [0.05, 0.1) is 17.8 Å². The highest BCUT2D eigenvalue weighted by atomic mass is 19.4. The molecule has 1 unspecified atom stereocenters. The summed E-state index contributed by atoms with van der Waals surface area (Å²) >= 11 is 0. The first kappa shape index (κ1) is 16.0. The van der Waals surface area contributed by atoms with Crippen molar-refractivity contribution < 1.29 is 22.8 Å². The Morgan fingerprint density at radius 1 is 1.12 bits per heavy atom. The predicted octanol–water partition coefficient (Wildman–Crippen LogP) is 2.89. The number of aromatic nitrogens is 1. The first-order valence-electron chi connectivity index (χ1n) is 7.05. The summed E-state index contributed by atoms with van der Waals surface area (Å²) in [6.45, 7) is -0.0407. The van der Waals surface area contributed by atoms with Crippen molar-refractivity contribution in [2.45, 2.75) is 18.8 Å². The van der Waals surface area contributed by atoms with E-state index in [0.717, 1.165) is 17.0 Å². The number of carbonyl (C=O) groups is 2. The molecule has 0 bridgehead atoms. The van der Waals surface area contributed by atoms with Gasteiger partial charge in [0.2, 0.25) is 0 Å². The predicted molar refractivity (Wildman–Crippen MR) is 77.5 cm³/mol. The summed E-state index contributed by atoms with van der Waals surface area (Å²) in [6.07, 6.45) is -2.99. The molecular weight excluding hydrogens is 323 g/mol. The highest BCUT2D eigenvalue weighted by Gasteiger charge is 2.40. The van der Waals surface area contributed by atoms with Crippen molar-refractivity contribution in [3.05, 3.63) is 65.5 Å². The standard InChI is InChI=1S/C16H12F3N3O2/c17-16(18,19)11-5-3-4-10(8-11)13-14(23)22(15(24)21-13)9-12-6-1-2-7-20-12/h1-8,13H,9H2,(H,21,24). The fraction of sp³-hybridized carbons (Fsp3) is 0.188. The quantitative estimate of drug-likeness (QED) is 0.878. The molecule has 0 spiro atoms. The number of benzene rings is 1. The molecule has 1 fully saturated rings. The van der Waals surface area contributed by atoms with E-state index in [1.807, 2.05) is 0 Å². The second-order valence-corrected chi connectivity index (χ2v) is 5.25. The van der Waals surface area contributed by atoms with Crippen molar-refractivity contribution in [3.8, 4) is 0 Å². The van der Waals surface area contributed by atoms with Crippen LogP contribution in [0.4, 0.5) is 18.0 Å². The lowest BCUT2D eigenvalue weighted by atomic mass is 10.0. The van der Waals surface area contributed by atoms with Crippen molar-refractivity contribution >= 4 is 11.9 Å². The third-order valence-electron chi connectivity index (χ3n) is 3.62. The lowest BCUT2D eigenvalue weighted by Gasteiger charge is -2.13. The van der Waals surface area contributed by atoms with E-state index in [1.165, 1.54) is 18.3 Å². The zero-order valence-electron chi connectivity index (χ0n) is 12.2. The number of hydrogen-bond donors (Lipinski definition) is 1. The molecule has 0 aliphatic carbocycles. The van der Waals surface area contributed by atoms with Gasteiger partial charge in [-0.05, 0) is 29.8 Å². The van der Waals surface area contributed by atoms with Crippen LogP contribution in [0.15, 0.2) is 48.7 Å². The summed E-state index contributed by atoms with van der Waals surface area (Å²) in [7, 11) is 0. The van der Waals surface area contributed by atoms with Crippen molar-refractivity contribution in [2.24, 2.45) is 0 Å². The van der Waals surface area contributed by atoms with Gasteiger partial charge in [0.25, 0.3) is 5.91 Å². The molecule has 8 heteroatoms. The molecule has 5 nitrogen and oxygen atoms in total. The van der Waals surface area contributed by atoms with E-state index in [1.54, 1.807) is 18.2 Å². The van der Waals surface area contributed by atoms with Gasteiger partial charge in [-0.3, -0.25) is 14.7 Å². The highest BCUT2D eigenvalue weighted by Crippen LogP contribution is 2.32. The summed E-state index contributed by atoms with van der Waals surface area (Å²) < 4.78 is 38.4. The molecule has 1 aliphatic heterocycles. The number of pyridine rings is 1. The minimum absolute atomic E-state index is 0.0407. The van der Waals surface area contributed by atoms with E-state index in [-0.39, 0.29) is 12.1 Å². The molecule has 1 atom stereocenters. The van der Waals surface area contributed by atoms with Gasteiger partial charge in [-0.15, -0.1) is 0 Å². The molecule has 0 radical (unpaired) electrons. The van der Waals surface area contributed by atoms with Gasteiger partial charge in [0, 0.05) is 6.20 Å². The van der Waals surface area contributed by atoms with Crippen LogP contribution in [-0.2, 0) is 17.5 Å². The Kier molecular flexibility index (Phi) is 3.96. The number of amides is 3. The number of nitrogens with one attached hydrogen (secondary N) is 1. The minimum atomic E-state index is -4.52. The van der Waals surface area contributed by atoms with Crippen LogP contribution in [0.5, 0.6) is 0 Å². The zero-order valence-corrected chi connectivity index (χ0v) is 12.2. The van der Waals surface area contributed by atoms with E-state index in [0.29, 0.717) is 5.69 Å². The Bertz CT molecular complexity index is 778. The molecule has 1 aromatic carbocycles. The summed E-state index contributed by atoms with van der Waals surface area (Å²) in [4.78, 5) is 29.4. The van der Waals surface area contributed by atoms with Crippen LogP contribution < -0.4 is 5.32 Å². The summed E-state index contributed by atoms with van der Waals surface area (Å²) in [5.41, 5.74) is -0.275. The van der Waals surface area contributed by atoms with E-state index < -0.39 is 29.7 Å². The van der Waals surface area contributed by atoms with Crippen LogP contribution in [0.3, 0.4) is 0 Å². The van der Waals surface area contributed by atoms with Gasteiger partial charge in [-0.1, -0.05) is 18.2 Å². The molecule has 0 saturated carbocycles. The number of imide groups is 1. The van der Waals surface area contributed by atoms with Gasteiger partial charge in [-0.25, -0.2) is 4.79 Å². The van der Waals surface area contributed by atoms with Crippen molar-refractivity contribution in [3.63, 3.8) is 0 Å². The number of halogens is 3. The lowest BCUT2D eigenvalue weighted by molar-refractivity contribution is -0.137. The molecule has 124 valence electrons. The topological polar surface area (TPSA) is 62.3 Å². The van der Waals surface area contributed by atoms with Crippen LogP contribution >= 0.6 is 0 Å². The maximum absolute atomic E-state index is 12.8. The molecule has 24 heavy (non-hydrogen) atoms. The average Bonchev–Trinajstić information content (AvgIpc) is 2.83. The molecule has 3 rings (SSSR count). The van der Waals surface area contributed by atoms with E-state index >= 15 is 0 Å². The Morgan fingerprint density at radius 2 is 1.92 bits per heavy atom. The molecule has 1 N–H and O–H groups in total. The normalized spacial score (nSPS) is 18.0. The second kappa shape index (κ2) is 5.95. The summed E-state index contributed by atoms with van der Waals surface area (Å²) in [5, 5.41) is 2.41. The fourth-order valence-corrected chi connectivity index (χ4v) is 2.44. The highest BCUT2D eigenvalue weighted by molar-refractivity contribution is 6.04. The lowest BCUT2D eigenvalue weighted by Crippen LogP contribution is -2.30. The molecule has 2 aromatic rings. The van der Waals surface area contributed by atoms with Crippen LogP contribution in [0.1, 0.15) is 22.9 Å². The molecule has 3 amide bonds. The van der Waals surface area contributed by atoms with Crippen LogP contribution in [-0.4, -0.2) is 21.8 Å². The van der Waals surface area contributed by atoms with Crippen molar-refractivity contribution in [1.82, 2.24) is 15.2 Å². The largest absolute Gasteiger partial charge is 0.416 e. The number of rotatable bonds is 3. The monoisotopic (exact) mass is 335 g/mol. The third kappa shape index (κ3) is 3.08. The Balaban J connectivity index is 1.84. The Morgan fingerprint density at radius 3 is 2.58 bits per heavy atom. The molecule has 1 aromatic heterocycles. The maximum atomic E-state index is 12.8. The SMILES string of the molecule is O=C1NC(c2cccc(C(F)(F)F)c2)C(=O)N1Cc1ccccn1. The van der Waals surface area contributed by atoms with Crippen molar-refractivity contribution in [1.29, 1.82) is 0 Å². The number of alkyl halides is 3. The number of urea groups is 1. The number of hydrogen-bond acceptors (Lipinski definition) is 3.